The summed E-state index contributed by atoms with van der Waals surface area (Å²) in [5.41, 5.74) is 6.39. The van der Waals surface area contributed by atoms with E-state index in [0.717, 1.165) is 30.4 Å². The van der Waals surface area contributed by atoms with Gasteiger partial charge in [-0.15, -0.1) is 10.2 Å². The van der Waals surface area contributed by atoms with Gasteiger partial charge in [-0.05, 0) is 25.5 Å². The number of rotatable bonds is 5. The monoisotopic (exact) mass is 246 g/mol. The largest absolute Gasteiger partial charge is 0.486 e. The quantitative estimate of drug-likeness (QED) is 0.821. The van der Waals surface area contributed by atoms with Gasteiger partial charge < -0.3 is 15.0 Å². The van der Waals surface area contributed by atoms with Crippen LogP contribution in [0.15, 0.2) is 24.3 Å². The third-order valence-electron chi connectivity index (χ3n) is 2.69. The van der Waals surface area contributed by atoms with Crippen LogP contribution in [0.4, 0.5) is 5.69 Å². The third-order valence-corrected chi connectivity index (χ3v) is 2.69. The van der Waals surface area contributed by atoms with Crippen molar-refractivity contribution in [1.82, 2.24) is 14.8 Å². The molecule has 0 aliphatic carbocycles. The highest BCUT2D eigenvalue weighted by atomic mass is 16.5. The van der Waals surface area contributed by atoms with Gasteiger partial charge >= 0.3 is 0 Å². The molecule has 0 atom stereocenters. The van der Waals surface area contributed by atoms with Gasteiger partial charge in [0, 0.05) is 18.3 Å². The Labute approximate surface area is 107 Å². The number of nitrogens with zero attached hydrogens (tertiary/aromatic N) is 3. The van der Waals surface area contributed by atoms with Crippen molar-refractivity contribution < 1.29 is 4.74 Å². The Hall–Kier alpha value is -2.04. The molecule has 0 unspecified atom stereocenters. The molecule has 0 saturated heterocycles. The molecule has 18 heavy (non-hydrogen) atoms. The number of anilines is 1. The van der Waals surface area contributed by atoms with Crippen molar-refractivity contribution in [3.63, 3.8) is 0 Å². The van der Waals surface area contributed by atoms with Crippen LogP contribution in [0.2, 0.25) is 0 Å². The minimum Gasteiger partial charge on any atom is -0.486 e. The molecular formula is C13H18N4O. The first-order chi connectivity index (χ1) is 8.70. The maximum Gasteiger partial charge on any atom is 0.171 e. The Morgan fingerprint density at radius 2 is 2.17 bits per heavy atom. The highest BCUT2D eigenvalue weighted by molar-refractivity contribution is 5.43. The van der Waals surface area contributed by atoms with Gasteiger partial charge in [0.1, 0.15) is 18.2 Å². The second kappa shape index (κ2) is 5.53. The fourth-order valence-corrected chi connectivity index (χ4v) is 1.80. The summed E-state index contributed by atoms with van der Waals surface area (Å²) >= 11 is 0. The Morgan fingerprint density at radius 3 is 2.89 bits per heavy atom. The fraction of sp³-hybridized carbons (Fsp3) is 0.385. The highest BCUT2D eigenvalue weighted by Gasteiger charge is 2.08. The number of aromatic nitrogens is 3. The molecule has 1 heterocycles. The lowest BCUT2D eigenvalue weighted by Gasteiger charge is -2.09. The number of nitrogens with two attached hydrogens (primary N) is 1. The fourth-order valence-electron chi connectivity index (χ4n) is 1.80. The highest BCUT2D eigenvalue weighted by Crippen LogP contribution is 2.16. The predicted octanol–water partition coefficient (Wildman–Crippen LogP) is 2.16. The van der Waals surface area contributed by atoms with Gasteiger partial charge in [-0.3, -0.25) is 0 Å². The van der Waals surface area contributed by atoms with Crippen molar-refractivity contribution in [3.05, 3.63) is 35.9 Å². The van der Waals surface area contributed by atoms with Gasteiger partial charge in [0.05, 0.1) is 0 Å². The maximum atomic E-state index is 5.70. The molecule has 0 saturated carbocycles. The van der Waals surface area contributed by atoms with E-state index in [-0.39, 0.29) is 0 Å². The van der Waals surface area contributed by atoms with E-state index >= 15 is 0 Å². The van der Waals surface area contributed by atoms with Crippen LogP contribution >= 0.6 is 0 Å². The first kappa shape index (κ1) is 12.4. The summed E-state index contributed by atoms with van der Waals surface area (Å²) in [5, 5.41) is 8.20. The molecule has 5 nitrogen and oxygen atoms in total. The lowest BCUT2D eigenvalue weighted by atomic mass is 10.3. The smallest absolute Gasteiger partial charge is 0.171 e. The second-order valence-corrected chi connectivity index (χ2v) is 4.18. The van der Waals surface area contributed by atoms with Gasteiger partial charge in [-0.1, -0.05) is 13.0 Å². The number of hydrogen-bond acceptors (Lipinski definition) is 4. The molecular weight excluding hydrogens is 228 g/mol. The zero-order valence-electron chi connectivity index (χ0n) is 10.8. The van der Waals surface area contributed by atoms with E-state index in [1.807, 2.05) is 25.1 Å². The zero-order valence-corrected chi connectivity index (χ0v) is 10.8. The molecule has 2 rings (SSSR count). The van der Waals surface area contributed by atoms with Crippen LogP contribution in [0.1, 0.15) is 25.0 Å². The van der Waals surface area contributed by atoms with Crippen LogP contribution in [0.5, 0.6) is 5.75 Å². The molecule has 1 aromatic heterocycles. The topological polar surface area (TPSA) is 66.0 Å². The number of hydrogen-bond donors (Lipinski definition) is 1. The summed E-state index contributed by atoms with van der Waals surface area (Å²) in [7, 11) is 0. The van der Waals surface area contributed by atoms with Crippen LogP contribution in [0.25, 0.3) is 0 Å². The Morgan fingerprint density at radius 1 is 1.33 bits per heavy atom. The van der Waals surface area contributed by atoms with Crippen LogP contribution in [-0.4, -0.2) is 14.8 Å². The van der Waals surface area contributed by atoms with Gasteiger partial charge in [0.2, 0.25) is 0 Å². The van der Waals surface area contributed by atoms with E-state index in [0.29, 0.717) is 12.3 Å². The average Bonchev–Trinajstić information content (AvgIpc) is 2.69. The van der Waals surface area contributed by atoms with E-state index in [1.54, 1.807) is 6.07 Å². The lowest BCUT2D eigenvalue weighted by molar-refractivity contribution is 0.288. The molecule has 0 aliphatic heterocycles. The molecule has 0 aliphatic rings. The molecule has 0 bridgehead atoms. The number of nitrogen functional groups attached to an aromatic ring is 1. The Kier molecular flexibility index (Phi) is 3.82. The molecule has 1 aromatic carbocycles. The van der Waals surface area contributed by atoms with Gasteiger partial charge in [0.15, 0.2) is 5.82 Å². The van der Waals surface area contributed by atoms with Gasteiger partial charge in [-0.25, -0.2) is 0 Å². The summed E-state index contributed by atoms with van der Waals surface area (Å²) in [6.07, 6.45) is 1.05. The minimum absolute atomic E-state index is 0.407. The standard InChI is InChI=1S/C13H18N4O/c1-3-7-17-10(2)15-16-13(17)9-18-12-6-4-5-11(14)8-12/h4-6,8H,3,7,9,14H2,1-2H3. The minimum atomic E-state index is 0.407. The third kappa shape index (κ3) is 2.80. The van der Waals surface area contributed by atoms with Crippen molar-refractivity contribution in [2.75, 3.05) is 5.73 Å². The summed E-state index contributed by atoms with van der Waals surface area (Å²) in [6, 6.07) is 7.38. The molecule has 0 fully saturated rings. The van der Waals surface area contributed by atoms with E-state index in [2.05, 4.69) is 21.7 Å². The summed E-state index contributed by atoms with van der Waals surface area (Å²) in [6.45, 7) is 5.40. The SMILES string of the molecule is CCCn1c(C)nnc1COc1cccc(N)c1. The summed E-state index contributed by atoms with van der Waals surface area (Å²) < 4.78 is 7.75. The zero-order chi connectivity index (χ0) is 13.0. The molecule has 0 radical (unpaired) electrons. The molecule has 0 spiro atoms. The van der Waals surface area contributed by atoms with Gasteiger partial charge in [0.25, 0.3) is 0 Å². The number of ether oxygens (including phenoxy) is 1. The van der Waals surface area contributed by atoms with Crippen molar-refractivity contribution in [1.29, 1.82) is 0 Å². The number of aryl methyl sites for hydroxylation is 1. The van der Waals surface area contributed by atoms with Gasteiger partial charge in [-0.2, -0.15) is 0 Å². The van der Waals surface area contributed by atoms with Crippen LogP contribution in [0.3, 0.4) is 0 Å². The average molecular weight is 246 g/mol. The van der Waals surface area contributed by atoms with Crippen LogP contribution in [0, 0.1) is 6.92 Å². The summed E-state index contributed by atoms with van der Waals surface area (Å²) in [4.78, 5) is 0. The second-order valence-electron chi connectivity index (χ2n) is 4.18. The molecule has 96 valence electrons. The van der Waals surface area contributed by atoms with Crippen molar-refractivity contribution in [3.8, 4) is 5.75 Å². The van der Waals surface area contributed by atoms with Crippen LogP contribution < -0.4 is 10.5 Å². The lowest BCUT2D eigenvalue weighted by Crippen LogP contribution is -2.08. The Bertz CT molecular complexity index is 521. The predicted molar refractivity (Wildman–Crippen MR) is 70.2 cm³/mol. The van der Waals surface area contributed by atoms with Crippen LogP contribution in [-0.2, 0) is 13.2 Å². The summed E-state index contributed by atoms with van der Waals surface area (Å²) in [5.74, 6) is 2.51. The molecule has 0 amide bonds. The number of benzene rings is 1. The van der Waals surface area contributed by atoms with E-state index in [1.165, 1.54) is 0 Å². The Balaban J connectivity index is 2.06. The molecule has 2 aromatic rings. The van der Waals surface area contributed by atoms with Crippen molar-refractivity contribution in [2.45, 2.75) is 33.4 Å². The van der Waals surface area contributed by atoms with E-state index in [9.17, 15) is 0 Å². The molecule has 5 heteroatoms. The normalized spacial score (nSPS) is 10.6. The van der Waals surface area contributed by atoms with E-state index in [4.69, 9.17) is 10.5 Å². The molecule has 2 N–H and O–H groups in total. The van der Waals surface area contributed by atoms with Crippen molar-refractivity contribution >= 4 is 5.69 Å². The maximum absolute atomic E-state index is 5.70. The van der Waals surface area contributed by atoms with E-state index < -0.39 is 0 Å². The van der Waals surface area contributed by atoms with Crippen molar-refractivity contribution in [2.24, 2.45) is 0 Å². The first-order valence-corrected chi connectivity index (χ1v) is 6.07. The first-order valence-electron chi connectivity index (χ1n) is 6.07.